The maximum Gasteiger partial charge on any atom is 0.240 e. The van der Waals surface area contributed by atoms with Crippen molar-refractivity contribution in [3.8, 4) is 0 Å². The lowest BCUT2D eigenvalue weighted by molar-refractivity contribution is -0.122. The highest BCUT2D eigenvalue weighted by Crippen LogP contribution is 2.26. The molecular formula is C19H18FN3O2S. The lowest BCUT2D eigenvalue weighted by Crippen LogP contribution is -2.28. The Kier molecular flexibility index (Phi) is 5.37. The lowest BCUT2D eigenvalue weighted by Gasteiger charge is -2.07. The van der Waals surface area contributed by atoms with Crippen LogP contribution in [0.5, 0.6) is 0 Å². The highest BCUT2D eigenvalue weighted by atomic mass is 32.2. The third kappa shape index (κ3) is 4.49. The topological polar surface area (TPSA) is 70.6 Å². The van der Waals surface area contributed by atoms with Crippen LogP contribution in [0.1, 0.15) is 17.5 Å². The molecule has 1 aliphatic heterocycles. The molecule has 26 heavy (non-hydrogen) atoms. The highest BCUT2D eigenvalue weighted by Gasteiger charge is 2.32. The zero-order chi connectivity index (χ0) is 18.7. The number of halogens is 1. The third-order valence-electron chi connectivity index (χ3n) is 4.00. The molecule has 134 valence electrons. The summed E-state index contributed by atoms with van der Waals surface area (Å²) in [6.45, 7) is 4.02. The van der Waals surface area contributed by atoms with E-state index in [-0.39, 0.29) is 24.1 Å². The minimum absolute atomic E-state index is 0.0137. The molecule has 0 aromatic heterocycles. The van der Waals surface area contributed by atoms with Crippen LogP contribution in [-0.2, 0) is 9.59 Å². The van der Waals surface area contributed by atoms with Gasteiger partial charge in [-0.1, -0.05) is 17.8 Å². The van der Waals surface area contributed by atoms with Crippen molar-refractivity contribution >= 4 is 40.1 Å². The Hall–Kier alpha value is -2.67. The van der Waals surface area contributed by atoms with Crippen molar-refractivity contribution in [2.24, 2.45) is 4.99 Å². The third-order valence-corrected chi connectivity index (χ3v) is 5.08. The second-order valence-electron chi connectivity index (χ2n) is 6.04. The van der Waals surface area contributed by atoms with Gasteiger partial charge in [0.25, 0.3) is 0 Å². The highest BCUT2D eigenvalue weighted by molar-refractivity contribution is 8.15. The van der Waals surface area contributed by atoms with Gasteiger partial charge in [-0.05, 0) is 61.4 Å². The van der Waals surface area contributed by atoms with Gasteiger partial charge in [0.2, 0.25) is 11.8 Å². The first-order valence-corrected chi connectivity index (χ1v) is 8.97. The first-order chi connectivity index (χ1) is 12.4. The Balaban J connectivity index is 1.62. The number of hydrogen-bond acceptors (Lipinski definition) is 4. The Morgan fingerprint density at radius 2 is 1.92 bits per heavy atom. The van der Waals surface area contributed by atoms with Crippen molar-refractivity contribution in [3.63, 3.8) is 0 Å². The molecule has 0 aliphatic carbocycles. The van der Waals surface area contributed by atoms with E-state index in [9.17, 15) is 14.0 Å². The van der Waals surface area contributed by atoms with Gasteiger partial charge in [0.15, 0.2) is 5.17 Å². The molecule has 0 saturated carbocycles. The number of aliphatic imine (C=N–C) groups is 1. The summed E-state index contributed by atoms with van der Waals surface area (Å²) in [6.07, 6.45) is 0.0137. The molecule has 1 saturated heterocycles. The molecule has 2 N–H and O–H groups in total. The quantitative estimate of drug-likeness (QED) is 0.861. The zero-order valence-corrected chi connectivity index (χ0v) is 15.2. The predicted octanol–water partition coefficient (Wildman–Crippen LogP) is 3.69. The van der Waals surface area contributed by atoms with Gasteiger partial charge in [-0.3, -0.25) is 9.59 Å². The van der Waals surface area contributed by atoms with E-state index in [1.807, 2.05) is 32.0 Å². The van der Waals surface area contributed by atoms with E-state index < -0.39 is 5.25 Å². The van der Waals surface area contributed by atoms with Crippen LogP contribution in [0.15, 0.2) is 47.5 Å². The van der Waals surface area contributed by atoms with E-state index >= 15 is 0 Å². The molecule has 0 spiro atoms. The summed E-state index contributed by atoms with van der Waals surface area (Å²) in [5, 5.41) is 5.31. The minimum Gasteiger partial charge on any atom is -0.326 e. The van der Waals surface area contributed by atoms with Crippen LogP contribution in [-0.4, -0.2) is 22.2 Å². The molecule has 5 nitrogen and oxygen atoms in total. The second kappa shape index (κ2) is 7.70. The Morgan fingerprint density at radius 3 is 2.62 bits per heavy atom. The van der Waals surface area contributed by atoms with Crippen molar-refractivity contribution in [2.75, 3.05) is 5.32 Å². The van der Waals surface area contributed by atoms with E-state index in [4.69, 9.17) is 0 Å². The van der Waals surface area contributed by atoms with Crippen LogP contribution < -0.4 is 10.6 Å². The van der Waals surface area contributed by atoms with Crippen LogP contribution in [0.3, 0.4) is 0 Å². The summed E-state index contributed by atoms with van der Waals surface area (Å²) in [5.74, 6) is -0.926. The SMILES string of the molecule is Cc1ccc(N=C2NC(=O)[C@@H](CC(=O)Nc3ccc(F)cc3)S2)cc1C. The molecule has 0 bridgehead atoms. The predicted molar refractivity (Wildman–Crippen MR) is 102 cm³/mol. The number of nitrogens with zero attached hydrogens (tertiary/aromatic N) is 1. The van der Waals surface area contributed by atoms with E-state index in [0.717, 1.165) is 11.3 Å². The summed E-state index contributed by atoms with van der Waals surface area (Å²) in [5.41, 5.74) is 3.54. The normalized spacial score (nSPS) is 18.0. The summed E-state index contributed by atoms with van der Waals surface area (Å²) in [6, 6.07) is 11.3. The average Bonchev–Trinajstić information content (AvgIpc) is 2.92. The summed E-state index contributed by atoms with van der Waals surface area (Å²) < 4.78 is 12.9. The maximum atomic E-state index is 12.9. The lowest BCUT2D eigenvalue weighted by atomic mass is 10.1. The van der Waals surface area contributed by atoms with Gasteiger partial charge in [0.05, 0.1) is 5.69 Å². The number of thioether (sulfide) groups is 1. The minimum atomic E-state index is -0.541. The molecule has 2 aromatic carbocycles. The molecule has 3 rings (SSSR count). The van der Waals surface area contributed by atoms with Crippen LogP contribution >= 0.6 is 11.8 Å². The Labute approximate surface area is 155 Å². The van der Waals surface area contributed by atoms with Crippen molar-refractivity contribution in [1.29, 1.82) is 0 Å². The molecule has 1 aliphatic rings. The number of amidine groups is 1. The van der Waals surface area contributed by atoms with Gasteiger partial charge in [-0.25, -0.2) is 9.38 Å². The van der Waals surface area contributed by atoms with Gasteiger partial charge in [-0.15, -0.1) is 0 Å². The molecule has 1 heterocycles. The van der Waals surface area contributed by atoms with Crippen molar-refractivity contribution in [2.45, 2.75) is 25.5 Å². The fraction of sp³-hybridized carbons (Fsp3) is 0.211. The number of carbonyl (C=O) groups is 2. The number of nitrogens with one attached hydrogen (secondary N) is 2. The number of carbonyl (C=O) groups excluding carboxylic acids is 2. The number of anilines is 1. The van der Waals surface area contributed by atoms with Crippen molar-refractivity contribution in [3.05, 3.63) is 59.4 Å². The standard InChI is InChI=1S/C19H18FN3O2S/c1-11-3-6-15(9-12(11)2)22-19-23-18(25)16(26-19)10-17(24)21-14-7-4-13(20)5-8-14/h3-9,16H,10H2,1-2H3,(H,21,24)(H,22,23,25)/t16-/m1/s1. The van der Waals surface area contributed by atoms with Gasteiger partial charge < -0.3 is 10.6 Å². The smallest absolute Gasteiger partial charge is 0.240 e. The van der Waals surface area contributed by atoms with Gasteiger partial charge >= 0.3 is 0 Å². The fourth-order valence-corrected chi connectivity index (χ4v) is 3.41. The number of amides is 2. The number of rotatable bonds is 4. The molecular weight excluding hydrogens is 353 g/mol. The first-order valence-electron chi connectivity index (χ1n) is 8.09. The zero-order valence-electron chi connectivity index (χ0n) is 14.4. The Morgan fingerprint density at radius 1 is 1.19 bits per heavy atom. The molecule has 0 radical (unpaired) electrons. The van der Waals surface area contributed by atoms with Crippen LogP contribution in [0.4, 0.5) is 15.8 Å². The molecule has 1 atom stereocenters. The van der Waals surface area contributed by atoms with Crippen LogP contribution in [0.25, 0.3) is 0 Å². The Bertz CT molecular complexity index is 881. The summed E-state index contributed by atoms with van der Waals surface area (Å²) in [7, 11) is 0. The maximum absolute atomic E-state index is 12.9. The van der Waals surface area contributed by atoms with Gasteiger partial charge in [-0.2, -0.15) is 0 Å². The van der Waals surface area contributed by atoms with Gasteiger partial charge in [0.1, 0.15) is 11.1 Å². The van der Waals surface area contributed by atoms with E-state index in [0.29, 0.717) is 10.9 Å². The first kappa shape index (κ1) is 18.1. The molecule has 2 amide bonds. The number of aryl methyl sites for hydroxylation is 2. The molecule has 0 unspecified atom stereocenters. The summed E-state index contributed by atoms with van der Waals surface area (Å²) >= 11 is 1.23. The fourth-order valence-electron chi connectivity index (χ4n) is 2.42. The van der Waals surface area contributed by atoms with Crippen molar-refractivity contribution < 1.29 is 14.0 Å². The summed E-state index contributed by atoms with van der Waals surface area (Å²) in [4.78, 5) is 28.6. The van der Waals surface area contributed by atoms with Crippen molar-refractivity contribution in [1.82, 2.24) is 5.32 Å². The average molecular weight is 371 g/mol. The molecule has 2 aromatic rings. The second-order valence-corrected chi connectivity index (χ2v) is 7.23. The monoisotopic (exact) mass is 371 g/mol. The largest absolute Gasteiger partial charge is 0.326 e. The van der Waals surface area contributed by atoms with E-state index in [2.05, 4.69) is 15.6 Å². The van der Waals surface area contributed by atoms with E-state index in [1.165, 1.54) is 41.6 Å². The van der Waals surface area contributed by atoms with Crippen LogP contribution in [0.2, 0.25) is 0 Å². The van der Waals surface area contributed by atoms with Gasteiger partial charge in [0, 0.05) is 12.1 Å². The van der Waals surface area contributed by atoms with Crippen LogP contribution in [0, 0.1) is 19.7 Å². The van der Waals surface area contributed by atoms with E-state index in [1.54, 1.807) is 0 Å². The molecule has 7 heteroatoms. The number of benzene rings is 2. The molecule has 1 fully saturated rings. The number of hydrogen-bond donors (Lipinski definition) is 2.